The highest BCUT2D eigenvalue weighted by Gasteiger charge is 2.39. The number of ether oxygens (including phenoxy) is 1. The number of aromatic nitrogens is 1. The Morgan fingerprint density at radius 3 is 2.71 bits per heavy atom. The molecule has 1 aromatic heterocycles. The number of hydrogen-bond donors (Lipinski definition) is 0. The van der Waals surface area contributed by atoms with Crippen LogP contribution in [0.25, 0.3) is 10.8 Å². The lowest BCUT2D eigenvalue weighted by atomic mass is 10.1. The van der Waals surface area contributed by atoms with E-state index in [0.29, 0.717) is 15.3 Å². The summed E-state index contributed by atoms with van der Waals surface area (Å²) in [6, 6.07) is 12.8. The number of nitrogens with zero attached hydrogens (tertiary/aromatic N) is 2. The monoisotopic (exact) mass is 416 g/mol. The van der Waals surface area contributed by atoms with Gasteiger partial charge in [0, 0.05) is 16.8 Å². The Morgan fingerprint density at radius 2 is 1.96 bits per heavy atom. The van der Waals surface area contributed by atoms with E-state index >= 15 is 0 Å². The Bertz CT molecular complexity index is 1110. The van der Waals surface area contributed by atoms with Crippen LogP contribution in [0.1, 0.15) is 35.3 Å². The molecule has 1 aliphatic carbocycles. The summed E-state index contributed by atoms with van der Waals surface area (Å²) in [7, 11) is -3.70. The normalized spacial score (nSPS) is 14.5. The molecule has 0 saturated heterocycles. The van der Waals surface area contributed by atoms with Crippen molar-refractivity contribution in [2.45, 2.75) is 37.2 Å². The van der Waals surface area contributed by atoms with Crippen LogP contribution in [-0.4, -0.2) is 36.3 Å². The number of carbonyl (C=O) groups is 1. The number of sulfonamides is 1. The van der Waals surface area contributed by atoms with E-state index in [0.717, 1.165) is 18.2 Å². The van der Waals surface area contributed by atoms with Crippen molar-refractivity contribution in [1.29, 1.82) is 0 Å². The number of thiazole rings is 1. The highest BCUT2D eigenvalue weighted by atomic mass is 32.2. The van der Waals surface area contributed by atoms with Gasteiger partial charge in [0.2, 0.25) is 10.0 Å². The van der Waals surface area contributed by atoms with Crippen molar-refractivity contribution in [2.75, 3.05) is 6.61 Å². The zero-order chi connectivity index (χ0) is 19.7. The van der Waals surface area contributed by atoms with Crippen molar-refractivity contribution < 1.29 is 17.9 Å². The largest absolute Gasteiger partial charge is 0.461 e. The van der Waals surface area contributed by atoms with E-state index < -0.39 is 16.0 Å². The smallest absolute Gasteiger partial charge is 0.357 e. The number of carbonyl (C=O) groups excluding carboxylic acids is 1. The van der Waals surface area contributed by atoms with Crippen LogP contribution in [0.2, 0.25) is 0 Å². The maximum Gasteiger partial charge on any atom is 0.357 e. The summed E-state index contributed by atoms with van der Waals surface area (Å²) in [5.41, 5.74) is 0.222. The molecule has 1 aliphatic rings. The summed E-state index contributed by atoms with van der Waals surface area (Å²) in [4.78, 5) is 16.4. The molecule has 0 unspecified atom stereocenters. The average molecular weight is 417 g/mol. The van der Waals surface area contributed by atoms with Gasteiger partial charge in [-0.2, -0.15) is 4.31 Å². The molecule has 3 aromatic rings. The quantitative estimate of drug-likeness (QED) is 0.547. The van der Waals surface area contributed by atoms with E-state index in [1.165, 1.54) is 15.6 Å². The second-order valence-corrected chi connectivity index (χ2v) is 9.41. The summed E-state index contributed by atoms with van der Waals surface area (Å²) in [6.45, 7) is 2.16. The molecule has 0 aliphatic heterocycles. The van der Waals surface area contributed by atoms with Crippen LogP contribution in [0.3, 0.4) is 0 Å². The Labute approximate surface area is 167 Å². The molecule has 1 saturated carbocycles. The predicted molar refractivity (Wildman–Crippen MR) is 108 cm³/mol. The number of benzene rings is 2. The first-order chi connectivity index (χ1) is 13.5. The zero-order valence-electron chi connectivity index (χ0n) is 15.4. The molecule has 146 valence electrons. The van der Waals surface area contributed by atoms with Crippen molar-refractivity contribution in [3.05, 3.63) is 58.5 Å². The summed E-state index contributed by atoms with van der Waals surface area (Å²) in [5.74, 6) is -0.486. The van der Waals surface area contributed by atoms with Crippen molar-refractivity contribution >= 4 is 38.1 Å². The highest BCUT2D eigenvalue weighted by molar-refractivity contribution is 7.89. The molecule has 0 bridgehead atoms. The fourth-order valence-corrected chi connectivity index (χ4v) is 5.84. The first kappa shape index (κ1) is 19.0. The topological polar surface area (TPSA) is 76.6 Å². The third-order valence-corrected chi connectivity index (χ3v) is 7.41. The molecule has 0 radical (unpaired) electrons. The molecule has 0 amide bonds. The van der Waals surface area contributed by atoms with Gasteiger partial charge in [-0.25, -0.2) is 18.2 Å². The fourth-order valence-electron chi connectivity index (χ4n) is 3.14. The minimum absolute atomic E-state index is 0.0288. The van der Waals surface area contributed by atoms with Crippen LogP contribution >= 0.6 is 11.3 Å². The van der Waals surface area contributed by atoms with Gasteiger partial charge in [0.1, 0.15) is 5.01 Å². The number of esters is 1. The SMILES string of the molecule is CCOC(=O)c1csc(CN(C2CC2)S(=O)(=O)c2cccc3ccccc23)n1. The van der Waals surface area contributed by atoms with Crippen molar-refractivity contribution in [1.82, 2.24) is 9.29 Å². The summed E-state index contributed by atoms with van der Waals surface area (Å²) in [5, 5.41) is 3.79. The van der Waals surface area contributed by atoms with Crippen molar-refractivity contribution in [3.63, 3.8) is 0 Å². The van der Waals surface area contributed by atoms with Gasteiger partial charge in [-0.1, -0.05) is 36.4 Å². The van der Waals surface area contributed by atoms with Crippen LogP contribution in [-0.2, 0) is 21.3 Å². The first-order valence-corrected chi connectivity index (χ1v) is 11.4. The van der Waals surface area contributed by atoms with Crippen molar-refractivity contribution in [2.24, 2.45) is 0 Å². The predicted octanol–water partition coefficient (Wildman–Crippen LogP) is 3.83. The molecular formula is C20H20N2O4S2. The first-order valence-electron chi connectivity index (χ1n) is 9.12. The number of rotatable bonds is 7. The molecule has 6 nitrogen and oxygen atoms in total. The molecule has 0 N–H and O–H groups in total. The van der Waals surface area contributed by atoms with Gasteiger partial charge in [-0.15, -0.1) is 11.3 Å². The lowest BCUT2D eigenvalue weighted by Gasteiger charge is -2.21. The van der Waals surface area contributed by atoms with Gasteiger partial charge >= 0.3 is 5.97 Å². The zero-order valence-corrected chi connectivity index (χ0v) is 17.0. The minimum Gasteiger partial charge on any atom is -0.461 e. The van der Waals surface area contributed by atoms with Crippen LogP contribution in [0.15, 0.2) is 52.7 Å². The minimum atomic E-state index is -3.70. The molecule has 0 spiro atoms. The van der Waals surface area contributed by atoms with Gasteiger partial charge in [0.05, 0.1) is 18.0 Å². The third-order valence-electron chi connectivity index (χ3n) is 4.62. The van der Waals surface area contributed by atoms with E-state index in [-0.39, 0.29) is 24.9 Å². The Hall–Kier alpha value is -2.29. The fraction of sp³-hybridized carbons (Fsp3) is 0.300. The third kappa shape index (κ3) is 3.67. The second kappa shape index (κ2) is 7.62. The number of fused-ring (bicyclic) bond motifs is 1. The van der Waals surface area contributed by atoms with E-state index in [2.05, 4.69) is 4.98 Å². The van der Waals surface area contributed by atoms with Gasteiger partial charge in [0.15, 0.2) is 5.69 Å². The molecule has 1 fully saturated rings. The molecule has 28 heavy (non-hydrogen) atoms. The van der Waals surface area contributed by atoms with Gasteiger partial charge in [0.25, 0.3) is 0 Å². The summed E-state index contributed by atoms with van der Waals surface area (Å²) >= 11 is 1.27. The second-order valence-electron chi connectivity index (χ2n) is 6.61. The van der Waals surface area contributed by atoms with E-state index in [1.54, 1.807) is 24.4 Å². The molecule has 4 rings (SSSR count). The molecular weight excluding hydrogens is 396 g/mol. The van der Waals surface area contributed by atoms with Crippen LogP contribution in [0, 0.1) is 0 Å². The molecule has 1 heterocycles. The summed E-state index contributed by atoms with van der Waals surface area (Å²) < 4.78 is 33.5. The standard InChI is InChI=1S/C20H20N2O4S2/c1-2-26-20(23)17-13-27-19(21-17)12-22(15-10-11-15)28(24,25)18-9-5-7-14-6-3-4-8-16(14)18/h3-9,13,15H,2,10-12H2,1H3. The number of hydrogen-bond acceptors (Lipinski definition) is 6. The Kier molecular flexibility index (Phi) is 5.18. The van der Waals surface area contributed by atoms with E-state index in [9.17, 15) is 13.2 Å². The van der Waals surface area contributed by atoms with Crippen LogP contribution in [0.4, 0.5) is 0 Å². The maximum absolute atomic E-state index is 13.5. The van der Waals surface area contributed by atoms with Gasteiger partial charge in [-0.3, -0.25) is 0 Å². The van der Waals surface area contributed by atoms with Gasteiger partial charge < -0.3 is 4.74 Å². The Balaban J connectivity index is 1.67. The van der Waals surface area contributed by atoms with Crippen LogP contribution < -0.4 is 0 Å². The van der Waals surface area contributed by atoms with E-state index in [1.807, 2.05) is 30.3 Å². The molecule has 2 aromatic carbocycles. The van der Waals surface area contributed by atoms with E-state index in [4.69, 9.17) is 4.74 Å². The average Bonchev–Trinajstić information content (AvgIpc) is 3.42. The lowest BCUT2D eigenvalue weighted by Crippen LogP contribution is -2.32. The van der Waals surface area contributed by atoms with Gasteiger partial charge in [-0.05, 0) is 31.2 Å². The maximum atomic E-state index is 13.5. The van der Waals surface area contributed by atoms with Crippen molar-refractivity contribution in [3.8, 4) is 0 Å². The van der Waals surface area contributed by atoms with Crippen LogP contribution in [0.5, 0.6) is 0 Å². The summed E-state index contributed by atoms with van der Waals surface area (Å²) in [6.07, 6.45) is 1.67. The molecule has 8 heteroatoms. The highest BCUT2D eigenvalue weighted by Crippen LogP contribution is 2.36. The Morgan fingerprint density at radius 1 is 1.21 bits per heavy atom. The molecule has 0 atom stereocenters. The lowest BCUT2D eigenvalue weighted by molar-refractivity contribution is 0.0520.